The molecule has 0 N–H and O–H groups in total. The van der Waals surface area contributed by atoms with Gasteiger partial charge in [-0.05, 0) is 4.76 Å². The van der Waals surface area contributed by atoms with Crippen molar-refractivity contribution in [2.24, 2.45) is 0 Å². The van der Waals surface area contributed by atoms with Gasteiger partial charge in [0.2, 0.25) is 0 Å². The molecule has 6 heavy (non-hydrogen) atoms. The minimum atomic E-state index is 0.653. The van der Waals surface area contributed by atoms with Crippen LogP contribution in [0.1, 0.15) is 13.3 Å². The zero-order valence-corrected chi connectivity index (χ0v) is 4.27. The molecule has 0 unspecified atom stereocenters. The molecule has 0 radical (unpaired) electrons. The maximum Gasteiger partial charge on any atom is 0.191 e. The predicted octanol–water partition coefficient (Wildman–Crippen LogP) is 0.805. The molecule has 2 heteroatoms. The second kappa shape index (κ2) is 2.82. The van der Waals surface area contributed by atoms with Crippen LogP contribution in [-0.2, 0) is 0 Å². The van der Waals surface area contributed by atoms with E-state index >= 15 is 0 Å². The lowest BCUT2D eigenvalue weighted by atomic mass is 10.5. The van der Waals surface area contributed by atoms with Crippen LogP contribution in [0.4, 0.5) is 0 Å². The van der Waals surface area contributed by atoms with Crippen LogP contribution in [0.2, 0.25) is 0 Å². The van der Waals surface area contributed by atoms with Gasteiger partial charge in [-0.15, -0.1) is 0 Å². The molecule has 0 aliphatic heterocycles. The lowest BCUT2D eigenvalue weighted by molar-refractivity contribution is -0.518. The molecule has 0 saturated heterocycles. The van der Waals surface area contributed by atoms with Gasteiger partial charge in [0.05, 0.1) is 0 Å². The van der Waals surface area contributed by atoms with Crippen LogP contribution >= 0.6 is 0 Å². The number of nitroso groups, excluding NO2 is 1. The Morgan fingerprint density at radius 1 is 1.67 bits per heavy atom. The van der Waals surface area contributed by atoms with Gasteiger partial charge in [-0.3, -0.25) is 0 Å². The number of hydrogen-bond donors (Lipinski definition) is 0. The highest BCUT2D eigenvalue weighted by atomic mass is 16.3. The maximum absolute atomic E-state index is 9.96. The molecule has 0 bridgehead atoms. The van der Waals surface area contributed by atoms with Gasteiger partial charge in [-0.2, -0.15) is 0 Å². The van der Waals surface area contributed by atoms with E-state index in [0.717, 1.165) is 11.2 Å². The van der Waals surface area contributed by atoms with Gasteiger partial charge in [-0.25, -0.2) is 0 Å². The van der Waals surface area contributed by atoms with Crippen LogP contribution in [-0.4, -0.2) is 18.4 Å². The SMILES string of the molecule is CCC[N+](C)=O. The average molecular weight is 88.1 g/mol. The normalized spacial score (nSPS) is 8.33. The minimum Gasteiger partial charge on any atom is -0.0592 e. The van der Waals surface area contributed by atoms with E-state index in [0.29, 0.717) is 6.54 Å². The predicted molar refractivity (Wildman–Crippen MR) is 24.7 cm³/mol. The quantitative estimate of drug-likeness (QED) is 0.457. The molecule has 2 nitrogen and oxygen atoms in total. The second-order valence-electron chi connectivity index (χ2n) is 1.35. The molecule has 0 aromatic heterocycles. The third-order valence-electron chi connectivity index (χ3n) is 0.539. The summed E-state index contributed by atoms with van der Waals surface area (Å²) < 4.78 is 0.931. The standard InChI is InChI=1S/C4H10NO/c1-3-4-5(2)6/h3-4H2,1-2H3/q+1. The van der Waals surface area contributed by atoms with Crippen LogP contribution in [0, 0.1) is 4.91 Å². The van der Waals surface area contributed by atoms with E-state index < -0.39 is 0 Å². The third kappa shape index (κ3) is 3.60. The molecule has 0 amide bonds. The molecule has 36 valence electrons. The van der Waals surface area contributed by atoms with Crippen molar-refractivity contribution < 1.29 is 4.76 Å². The maximum atomic E-state index is 9.96. The van der Waals surface area contributed by atoms with Crippen LogP contribution in [0.25, 0.3) is 0 Å². The summed E-state index contributed by atoms with van der Waals surface area (Å²) in [5, 5.41) is 0. The summed E-state index contributed by atoms with van der Waals surface area (Å²) in [5.74, 6) is 0. The summed E-state index contributed by atoms with van der Waals surface area (Å²) in [6.45, 7) is 2.63. The molecule has 0 atom stereocenters. The lowest BCUT2D eigenvalue weighted by Crippen LogP contribution is -1.99. The Kier molecular flexibility index (Phi) is 2.63. The van der Waals surface area contributed by atoms with Crippen molar-refractivity contribution in [1.82, 2.24) is 0 Å². The average Bonchev–Trinajstić information content (AvgIpc) is 1.35. The fraction of sp³-hybridized carbons (Fsp3) is 1.00. The molecule has 0 rings (SSSR count). The fourth-order valence-electron chi connectivity index (χ4n) is 0.315. The second-order valence-corrected chi connectivity index (χ2v) is 1.35. The van der Waals surface area contributed by atoms with Gasteiger partial charge >= 0.3 is 0 Å². The zero-order chi connectivity index (χ0) is 4.99. The molecular formula is C4H10NO+. The molecule has 0 heterocycles. The van der Waals surface area contributed by atoms with Crippen LogP contribution in [0.15, 0.2) is 0 Å². The highest BCUT2D eigenvalue weighted by molar-refractivity contribution is 4.14. The highest BCUT2D eigenvalue weighted by Crippen LogP contribution is 1.71. The highest BCUT2D eigenvalue weighted by Gasteiger charge is 1.89. The number of nitrogens with zero attached hydrogens (tertiary/aromatic N) is 1. The number of rotatable bonds is 2. The lowest BCUT2D eigenvalue weighted by Gasteiger charge is -1.74. The van der Waals surface area contributed by atoms with Gasteiger partial charge < -0.3 is 0 Å². The first-order valence-corrected chi connectivity index (χ1v) is 2.15. The van der Waals surface area contributed by atoms with Crippen molar-refractivity contribution >= 4 is 0 Å². The summed E-state index contributed by atoms with van der Waals surface area (Å²) >= 11 is 0. The Bertz CT molecular complexity index is 51.5. The van der Waals surface area contributed by atoms with Crippen molar-refractivity contribution in [1.29, 1.82) is 0 Å². The van der Waals surface area contributed by atoms with E-state index in [1.54, 1.807) is 0 Å². The van der Waals surface area contributed by atoms with Gasteiger partial charge in [0.1, 0.15) is 0 Å². The number of hydrogen-bond acceptors (Lipinski definition) is 1. The first-order chi connectivity index (χ1) is 2.77. The van der Waals surface area contributed by atoms with Gasteiger partial charge in [0.25, 0.3) is 0 Å². The Labute approximate surface area is 37.7 Å². The van der Waals surface area contributed by atoms with Crippen molar-refractivity contribution in [3.05, 3.63) is 4.91 Å². The molecule has 0 spiro atoms. The zero-order valence-electron chi connectivity index (χ0n) is 4.27. The molecule has 0 aromatic carbocycles. The van der Waals surface area contributed by atoms with E-state index in [-0.39, 0.29) is 0 Å². The summed E-state index contributed by atoms with van der Waals surface area (Å²) in [6.07, 6.45) is 0.944. The van der Waals surface area contributed by atoms with Gasteiger partial charge in [0, 0.05) is 11.3 Å². The topological polar surface area (TPSA) is 20.1 Å². The Hall–Kier alpha value is -0.400. The molecular weight excluding hydrogens is 78.0 g/mol. The largest absolute Gasteiger partial charge is 0.191 e. The van der Waals surface area contributed by atoms with Crippen LogP contribution in [0.5, 0.6) is 0 Å². The van der Waals surface area contributed by atoms with E-state index in [1.165, 1.54) is 7.05 Å². The van der Waals surface area contributed by atoms with E-state index in [1.807, 2.05) is 6.92 Å². The van der Waals surface area contributed by atoms with Crippen molar-refractivity contribution in [2.75, 3.05) is 13.6 Å². The van der Waals surface area contributed by atoms with Crippen molar-refractivity contribution in [3.8, 4) is 0 Å². The molecule has 0 saturated carbocycles. The summed E-state index contributed by atoms with van der Waals surface area (Å²) in [6, 6.07) is 0. The van der Waals surface area contributed by atoms with Crippen LogP contribution in [0.3, 0.4) is 0 Å². The van der Waals surface area contributed by atoms with Gasteiger partial charge in [0.15, 0.2) is 13.6 Å². The van der Waals surface area contributed by atoms with Crippen molar-refractivity contribution in [2.45, 2.75) is 13.3 Å². The molecule has 0 aromatic rings. The van der Waals surface area contributed by atoms with E-state index in [9.17, 15) is 4.91 Å². The molecule has 0 fully saturated rings. The minimum absolute atomic E-state index is 0.653. The summed E-state index contributed by atoms with van der Waals surface area (Å²) in [7, 11) is 1.53. The van der Waals surface area contributed by atoms with Crippen LogP contribution < -0.4 is 0 Å². The van der Waals surface area contributed by atoms with E-state index in [4.69, 9.17) is 0 Å². The van der Waals surface area contributed by atoms with Crippen molar-refractivity contribution in [3.63, 3.8) is 0 Å². The Balaban J connectivity index is 2.83. The molecule has 0 aliphatic rings. The summed E-state index contributed by atoms with van der Waals surface area (Å²) in [5.41, 5.74) is 0. The first-order valence-electron chi connectivity index (χ1n) is 2.15. The fourth-order valence-corrected chi connectivity index (χ4v) is 0.315. The smallest absolute Gasteiger partial charge is 0.0592 e. The monoisotopic (exact) mass is 88.1 g/mol. The van der Waals surface area contributed by atoms with E-state index in [2.05, 4.69) is 0 Å². The first kappa shape index (κ1) is 5.60. The third-order valence-corrected chi connectivity index (χ3v) is 0.539. The van der Waals surface area contributed by atoms with Gasteiger partial charge in [-0.1, -0.05) is 6.92 Å². The Morgan fingerprint density at radius 3 is 2.17 bits per heavy atom. The Morgan fingerprint density at radius 2 is 2.17 bits per heavy atom. The molecule has 0 aliphatic carbocycles. The summed E-state index contributed by atoms with van der Waals surface area (Å²) in [4.78, 5) is 9.96.